The Balaban J connectivity index is 1.89. The molecule has 2 N–H and O–H groups in total. The van der Waals surface area contributed by atoms with Crippen molar-refractivity contribution in [1.29, 1.82) is 0 Å². The molecule has 0 bridgehead atoms. The number of nitrogens with zero attached hydrogens (tertiary/aromatic N) is 1. The Morgan fingerprint density at radius 1 is 1.27 bits per heavy atom. The third-order valence-corrected chi connectivity index (χ3v) is 4.69. The minimum Gasteiger partial charge on any atom is -0.481 e. The first-order chi connectivity index (χ1) is 10.2. The van der Waals surface area contributed by atoms with Gasteiger partial charge in [-0.1, -0.05) is 13.3 Å². The average Bonchev–Trinajstić information content (AvgIpc) is 3.01. The fraction of sp³-hybridized carbons (Fsp3) is 0.857. The standard InChI is InChI=1S/C14H21F3N2O3/c1-8-2-3-9(4-8)5-18-13(22)19-6-10(12(20)21)11(7-19)14(15,16)17/h8-11H,2-7H2,1H3,(H,18,22)(H,20,21)/t8?,9?,10-,11-/m1/s1. The Morgan fingerprint density at radius 3 is 2.41 bits per heavy atom. The Kier molecular flexibility index (Phi) is 4.87. The first kappa shape index (κ1) is 16.9. The third-order valence-electron chi connectivity index (χ3n) is 4.69. The maximum atomic E-state index is 12.9. The SMILES string of the molecule is CC1CCC(CNC(=O)N2C[C@@H](C(F)(F)F)[C@H](C(=O)O)C2)C1. The summed E-state index contributed by atoms with van der Waals surface area (Å²) in [6.45, 7) is 1.58. The smallest absolute Gasteiger partial charge is 0.394 e. The van der Waals surface area contributed by atoms with Crippen LogP contribution >= 0.6 is 0 Å². The molecule has 2 rings (SSSR count). The molecule has 0 aromatic rings. The molecule has 2 unspecified atom stereocenters. The van der Waals surface area contributed by atoms with Crippen molar-refractivity contribution in [2.45, 2.75) is 32.4 Å². The van der Waals surface area contributed by atoms with Crippen molar-refractivity contribution in [1.82, 2.24) is 10.2 Å². The number of rotatable bonds is 3. The monoisotopic (exact) mass is 322 g/mol. The topological polar surface area (TPSA) is 69.6 Å². The van der Waals surface area contributed by atoms with E-state index in [2.05, 4.69) is 12.2 Å². The summed E-state index contributed by atoms with van der Waals surface area (Å²) in [6, 6.07) is -0.599. The zero-order valence-corrected chi connectivity index (χ0v) is 12.4. The summed E-state index contributed by atoms with van der Waals surface area (Å²) in [6.07, 6.45) is -1.51. The number of carboxylic acid groups (broad SMARTS) is 1. The molecule has 8 heteroatoms. The summed E-state index contributed by atoms with van der Waals surface area (Å²) in [7, 11) is 0. The number of halogens is 3. The van der Waals surface area contributed by atoms with E-state index in [1.807, 2.05) is 0 Å². The van der Waals surface area contributed by atoms with Crippen LogP contribution in [0.1, 0.15) is 26.2 Å². The summed E-state index contributed by atoms with van der Waals surface area (Å²) in [4.78, 5) is 23.9. The molecule has 2 fully saturated rings. The van der Waals surface area contributed by atoms with Crippen molar-refractivity contribution in [2.75, 3.05) is 19.6 Å². The molecule has 5 nitrogen and oxygen atoms in total. The van der Waals surface area contributed by atoms with Gasteiger partial charge in [-0.2, -0.15) is 13.2 Å². The van der Waals surface area contributed by atoms with E-state index in [1.165, 1.54) is 0 Å². The summed E-state index contributed by atoms with van der Waals surface area (Å²) < 4.78 is 38.6. The number of hydrogen-bond acceptors (Lipinski definition) is 2. The fourth-order valence-electron chi connectivity index (χ4n) is 3.41. The van der Waals surface area contributed by atoms with Crippen LogP contribution in [0.3, 0.4) is 0 Å². The van der Waals surface area contributed by atoms with Gasteiger partial charge in [-0.15, -0.1) is 0 Å². The zero-order chi connectivity index (χ0) is 16.5. The second-order valence-corrected chi connectivity index (χ2v) is 6.47. The highest BCUT2D eigenvalue weighted by atomic mass is 19.4. The van der Waals surface area contributed by atoms with Crippen molar-refractivity contribution in [3.05, 3.63) is 0 Å². The lowest BCUT2D eigenvalue weighted by Crippen LogP contribution is -2.41. The van der Waals surface area contributed by atoms with E-state index >= 15 is 0 Å². The van der Waals surface area contributed by atoms with Crippen LogP contribution in [0.25, 0.3) is 0 Å². The maximum absolute atomic E-state index is 12.9. The quantitative estimate of drug-likeness (QED) is 0.838. The third kappa shape index (κ3) is 3.84. The van der Waals surface area contributed by atoms with Crippen molar-refractivity contribution >= 4 is 12.0 Å². The number of nitrogens with one attached hydrogen (secondary N) is 1. The molecule has 1 saturated heterocycles. The molecule has 1 saturated carbocycles. The van der Waals surface area contributed by atoms with Crippen LogP contribution in [-0.4, -0.2) is 47.8 Å². The molecule has 1 aliphatic heterocycles. The number of urea groups is 1. The molecule has 2 amide bonds. The molecule has 1 heterocycles. The van der Waals surface area contributed by atoms with Crippen LogP contribution in [0.4, 0.5) is 18.0 Å². The predicted molar refractivity (Wildman–Crippen MR) is 72.1 cm³/mol. The van der Waals surface area contributed by atoms with Gasteiger partial charge in [0.15, 0.2) is 0 Å². The molecule has 1 aliphatic carbocycles. The molecular formula is C14H21F3N2O3. The molecule has 0 spiro atoms. The summed E-state index contributed by atoms with van der Waals surface area (Å²) in [5.41, 5.74) is 0. The number of carboxylic acids is 1. The van der Waals surface area contributed by atoms with Crippen LogP contribution < -0.4 is 5.32 Å². The van der Waals surface area contributed by atoms with Crippen molar-refractivity contribution < 1.29 is 27.9 Å². The minimum absolute atomic E-state index is 0.357. The molecule has 0 aromatic heterocycles. The molecular weight excluding hydrogens is 301 g/mol. The first-order valence-corrected chi connectivity index (χ1v) is 7.50. The Labute approximate surface area is 126 Å². The van der Waals surface area contributed by atoms with Crippen molar-refractivity contribution in [3.8, 4) is 0 Å². The second-order valence-electron chi connectivity index (χ2n) is 6.47. The lowest BCUT2D eigenvalue weighted by atomic mass is 9.96. The molecule has 0 aromatic carbocycles. The highest BCUT2D eigenvalue weighted by Crippen LogP contribution is 2.37. The second kappa shape index (κ2) is 6.34. The van der Waals surface area contributed by atoms with E-state index in [9.17, 15) is 22.8 Å². The Bertz CT molecular complexity index is 442. The Hall–Kier alpha value is -1.47. The zero-order valence-electron chi connectivity index (χ0n) is 12.4. The van der Waals surface area contributed by atoms with Crippen LogP contribution in [-0.2, 0) is 4.79 Å². The highest BCUT2D eigenvalue weighted by molar-refractivity contribution is 5.77. The van der Waals surface area contributed by atoms with E-state index < -0.39 is 43.1 Å². The average molecular weight is 322 g/mol. The van der Waals surface area contributed by atoms with E-state index in [0.29, 0.717) is 18.4 Å². The number of alkyl halides is 3. The van der Waals surface area contributed by atoms with Gasteiger partial charge in [0, 0.05) is 19.6 Å². The molecule has 126 valence electrons. The van der Waals surface area contributed by atoms with Gasteiger partial charge in [0.25, 0.3) is 0 Å². The summed E-state index contributed by atoms with van der Waals surface area (Å²) in [5, 5.41) is 11.6. The number of likely N-dealkylation sites (tertiary alicyclic amines) is 1. The molecule has 2 aliphatic rings. The highest BCUT2D eigenvalue weighted by Gasteiger charge is 2.53. The lowest BCUT2D eigenvalue weighted by molar-refractivity contribution is -0.187. The number of carbonyl (C=O) groups excluding carboxylic acids is 1. The van der Waals surface area contributed by atoms with Crippen LogP contribution in [0.2, 0.25) is 0 Å². The maximum Gasteiger partial charge on any atom is 0.394 e. The van der Waals surface area contributed by atoms with Crippen LogP contribution in [0.15, 0.2) is 0 Å². The number of aliphatic carboxylic acids is 1. The van der Waals surface area contributed by atoms with Gasteiger partial charge < -0.3 is 15.3 Å². The van der Waals surface area contributed by atoms with Gasteiger partial charge in [0.1, 0.15) is 0 Å². The van der Waals surface area contributed by atoms with Crippen LogP contribution in [0, 0.1) is 23.7 Å². The van der Waals surface area contributed by atoms with Crippen LogP contribution in [0.5, 0.6) is 0 Å². The van der Waals surface area contributed by atoms with E-state index in [0.717, 1.165) is 24.2 Å². The van der Waals surface area contributed by atoms with Gasteiger partial charge in [-0.3, -0.25) is 4.79 Å². The van der Waals surface area contributed by atoms with Gasteiger partial charge in [-0.25, -0.2) is 4.79 Å². The number of amides is 2. The first-order valence-electron chi connectivity index (χ1n) is 7.50. The largest absolute Gasteiger partial charge is 0.481 e. The van der Waals surface area contributed by atoms with Gasteiger partial charge >= 0.3 is 18.2 Å². The summed E-state index contributed by atoms with van der Waals surface area (Å²) >= 11 is 0. The number of carbonyl (C=O) groups is 2. The number of hydrogen-bond donors (Lipinski definition) is 2. The van der Waals surface area contributed by atoms with Crippen molar-refractivity contribution in [2.24, 2.45) is 23.7 Å². The molecule has 4 atom stereocenters. The van der Waals surface area contributed by atoms with E-state index in [1.54, 1.807) is 0 Å². The van der Waals surface area contributed by atoms with E-state index in [4.69, 9.17) is 5.11 Å². The predicted octanol–water partition coefficient (Wildman–Crippen LogP) is 2.33. The fourth-order valence-corrected chi connectivity index (χ4v) is 3.41. The van der Waals surface area contributed by atoms with E-state index in [-0.39, 0.29) is 0 Å². The van der Waals surface area contributed by atoms with Gasteiger partial charge in [0.2, 0.25) is 0 Å². The normalized spacial score (nSPS) is 32.3. The summed E-state index contributed by atoms with van der Waals surface area (Å²) in [5.74, 6) is -4.13. The molecule has 22 heavy (non-hydrogen) atoms. The Morgan fingerprint density at radius 2 is 1.95 bits per heavy atom. The lowest BCUT2D eigenvalue weighted by Gasteiger charge is -2.20. The van der Waals surface area contributed by atoms with Gasteiger partial charge in [-0.05, 0) is 24.7 Å². The van der Waals surface area contributed by atoms with Gasteiger partial charge in [0.05, 0.1) is 11.8 Å². The molecule has 0 radical (unpaired) electrons. The minimum atomic E-state index is -4.61. The van der Waals surface area contributed by atoms with Crippen molar-refractivity contribution in [3.63, 3.8) is 0 Å².